The quantitative estimate of drug-likeness (QED) is 0.340. The first kappa shape index (κ1) is 17.9. The van der Waals surface area contributed by atoms with Gasteiger partial charge in [-0.15, -0.1) is 23.0 Å². The number of nitrogens with zero attached hydrogens (tertiary/aromatic N) is 3. The van der Waals surface area contributed by atoms with E-state index in [0.717, 1.165) is 27.4 Å². The van der Waals surface area contributed by atoms with Gasteiger partial charge in [-0.25, -0.2) is 0 Å². The van der Waals surface area contributed by atoms with Gasteiger partial charge in [-0.2, -0.15) is 5.10 Å². The molecule has 1 aromatic heterocycles. The molecule has 0 atom stereocenters. The Morgan fingerprint density at radius 3 is 2.58 bits per heavy atom. The Kier molecular flexibility index (Phi) is 6.17. The lowest BCUT2D eigenvalue weighted by Crippen LogP contribution is -2.14. The molecule has 0 saturated carbocycles. The first-order chi connectivity index (χ1) is 12.8. The van der Waals surface area contributed by atoms with Crippen molar-refractivity contribution in [3.05, 3.63) is 83.0 Å². The summed E-state index contributed by atoms with van der Waals surface area (Å²) in [5, 5.41) is 10.7. The largest absolute Gasteiger partial charge is 0.494 e. The molecule has 2 aromatic carbocycles. The molecule has 0 amide bonds. The third-order valence-electron chi connectivity index (χ3n) is 3.72. The third kappa shape index (κ3) is 4.37. The van der Waals surface area contributed by atoms with Crippen molar-refractivity contribution >= 4 is 17.6 Å². The summed E-state index contributed by atoms with van der Waals surface area (Å²) in [6.45, 7) is 7.18. The molecule has 0 aliphatic rings. The molecule has 132 valence electrons. The second-order valence-electron chi connectivity index (χ2n) is 5.52. The minimum atomic E-state index is 0.663. The molecule has 3 rings (SSSR count). The summed E-state index contributed by atoms with van der Waals surface area (Å²) in [4.78, 5) is 0.834. The van der Waals surface area contributed by atoms with E-state index in [1.54, 1.807) is 17.6 Å². The average molecular weight is 363 g/mol. The van der Waals surface area contributed by atoms with Crippen LogP contribution in [0, 0.1) is 0 Å². The summed E-state index contributed by atoms with van der Waals surface area (Å²) in [5.41, 5.74) is 3.22. The molecule has 0 spiro atoms. The molecule has 1 heterocycles. The Morgan fingerprint density at radius 2 is 1.88 bits per heavy atom. The maximum atomic E-state index is 5.52. The van der Waals surface area contributed by atoms with Gasteiger partial charge in [0.05, 0.1) is 18.5 Å². The Balaban J connectivity index is 1.91. The fourth-order valence-corrected chi connectivity index (χ4v) is 3.39. The summed E-state index contributed by atoms with van der Waals surface area (Å²) < 4.78 is 7.62. The number of benzene rings is 2. The van der Waals surface area contributed by atoms with E-state index in [1.165, 1.54) is 0 Å². The summed E-state index contributed by atoms with van der Waals surface area (Å²) in [7, 11) is 0. The number of allylic oxidation sites excluding steroid dienone is 1. The molecule has 0 bridgehead atoms. The van der Waals surface area contributed by atoms with Crippen molar-refractivity contribution in [3.63, 3.8) is 0 Å². The Labute approximate surface area is 157 Å². The zero-order chi connectivity index (χ0) is 18.2. The molecule has 0 aliphatic carbocycles. The van der Waals surface area contributed by atoms with Crippen LogP contribution in [0.3, 0.4) is 0 Å². The number of aromatic nitrogens is 1. The molecule has 0 aliphatic heterocycles. The minimum Gasteiger partial charge on any atom is -0.494 e. The van der Waals surface area contributed by atoms with Crippen molar-refractivity contribution in [2.24, 2.45) is 10.2 Å². The van der Waals surface area contributed by atoms with Crippen LogP contribution in [-0.2, 0) is 6.54 Å². The van der Waals surface area contributed by atoms with Crippen LogP contribution in [0.1, 0.15) is 12.5 Å². The lowest BCUT2D eigenvalue weighted by molar-refractivity contribution is 0.340. The predicted molar refractivity (Wildman–Crippen MR) is 109 cm³/mol. The average Bonchev–Trinajstić information content (AvgIpc) is 3.07. The standard InChI is InChI=1S/C21H21N3OS/c1-3-14-24-20(18-10-12-19(13-11-18)25-4-2)16-26-21(24)23-22-15-17-8-6-5-7-9-17/h3,5-13,15-16H,1,4,14H2,2H3/b22-15+,23-21+. The van der Waals surface area contributed by atoms with Crippen LogP contribution in [0.15, 0.2) is 82.8 Å². The lowest BCUT2D eigenvalue weighted by Gasteiger charge is -2.07. The second kappa shape index (κ2) is 8.97. The van der Waals surface area contributed by atoms with Crippen LogP contribution in [0.5, 0.6) is 5.75 Å². The Bertz CT molecular complexity index is 937. The molecule has 5 heteroatoms. The van der Waals surface area contributed by atoms with Crippen LogP contribution < -0.4 is 9.54 Å². The maximum Gasteiger partial charge on any atom is 0.211 e. The van der Waals surface area contributed by atoms with E-state index in [9.17, 15) is 0 Å². The molecular formula is C21H21N3OS. The van der Waals surface area contributed by atoms with Gasteiger partial charge in [-0.05, 0) is 42.3 Å². The van der Waals surface area contributed by atoms with Gasteiger partial charge in [-0.3, -0.25) is 0 Å². The van der Waals surface area contributed by atoms with E-state index in [1.807, 2.05) is 55.5 Å². The first-order valence-corrected chi connectivity index (χ1v) is 9.34. The fraction of sp³-hybridized carbons (Fsp3) is 0.143. The minimum absolute atomic E-state index is 0.663. The van der Waals surface area contributed by atoms with E-state index < -0.39 is 0 Å². The van der Waals surface area contributed by atoms with Gasteiger partial charge < -0.3 is 9.30 Å². The Hall–Kier alpha value is -2.92. The van der Waals surface area contributed by atoms with Crippen molar-refractivity contribution in [1.82, 2.24) is 4.57 Å². The van der Waals surface area contributed by atoms with Crippen molar-refractivity contribution in [2.75, 3.05) is 6.61 Å². The lowest BCUT2D eigenvalue weighted by atomic mass is 10.1. The van der Waals surface area contributed by atoms with Gasteiger partial charge in [-0.1, -0.05) is 36.4 Å². The third-order valence-corrected chi connectivity index (χ3v) is 4.57. The predicted octanol–water partition coefficient (Wildman–Crippen LogP) is 4.74. The molecule has 0 saturated heterocycles. The van der Waals surface area contributed by atoms with E-state index in [4.69, 9.17) is 4.74 Å². The molecule has 0 unspecified atom stereocenters. The van der Waals surface area contributed by atoms with Crippen LogP contribution in [0.25, 0.3) is 11.3 Å². The van der Waals surface area contributed by atoms with Gasteiger partial charge >= 0.3 is 0 Å². The van der Waals surface area contributed by atoms with E-state index in [-0.39, 0.29) is 0 Å². The van der Waals surface area contributed by atoms with E-state index in [2.05, 4.69) is 38.9 Å². The number of hydrogen-bond donors (Lipinski definition) is 0. The summed E-state index contributed by atoms with van der Waals surface area (Å²) >= 11 is 1.56. The zero-order valence-corrected chi connectivity index (χ0v) is 15.5. The topological polar surface area (TPSA) is 38.9 Å². The van der Waals surface area contributed by atoms with Crippen LogP contribution in [0.4, 0.5) is 0 Å². The van der Waals surface area contributed by atoms with Crippen LogP contribution in [-0.4, -0.2) is 17.4 Å². The maximum absolute atomic E-state index is 5.52. The normalized spacial score (nSPS) is 11.8. The van der Waals surface area contributed by atoms with Crippen molar-refractivity contribution < 1.29 is 4.74 Å². The highest BCUT2D eigenvalue weighted by Crippen LogP contribution is 2.23. The number of ether oxygens (including phenoxy) is 1. The van der Waals surface area contributed by atoms with Crippen LogP contribution in [0.2, 0.25) is 0 Å². The zero-order valence-electron chi connectivity index (χ0n) is 14.7. The van der Waals surface area contributed by atoms with Crippen molar-refractivity contribution in [2.45, 2.75) is 13.5 Å². The molecule has 26 heavy (non-hydrogen) atoms. The van der Waals surface area contributed by atoms with Gasteiger partial charge in [0.2, 0.25) is 4.80 Å². The Morgan fingerprint density at radius 1 is 1.12 bits per heavy atom. The molecule has 0 fully saturated rings. The number of rotatable bonds is 7. The van der Waals surface area contributed by atoms with Gasteiger partial charge in [0.1, 0.15) is 5.75 Å². The monoisotopic (exact) mass is 363 g/mol. The van der Waals surface area contributed by atoms with Gasteiger partial charge in [0.15, 0.2) is 0 Å². The molecule has 0 N–H and O–H groups in total. The SMILES string of the molecule is C=CCn1c(-c2ccc(OCC)cc2)cs/c1=N/N=C/c1ccccc1. The first-order valence-electron chi connectivity index (χ1n) is 8.46. The highest BCUT2D eigenvalue weighted by Gasteiger charge is 2.07. The van der Waals surface area contributed by atoms with Gasteiger partial charge in [0, 0.05) is 11.9 Å². The molecule has 3 aromatic rings. The van der Waals surface area contributed by atoms with E-state index in [0.29, 0.717) is 13.2 Å². The van der Waals surface area contributed by atoms with E-state index >= 15 is 0 Å². The molecule has 0 radical (unpaired) electrons. The second-order valence-corrected chi connectivity index (χ2v) is 6.35. The number of hydrogen-bond acceptors (Lipinski definition) is 4. The van der Waals surface area contributed by atoms with Crippen molar-refractivity contribution in [3.8, 4) is 17.0 Å². The molecule has 4 nitrogen and oxygen atoms in total. The summed E-state index contributed by atoms with van der Waals surface area (Å²) in [6, 6.07) is 18.0. The number of thiazole rings is 1. The fourth-order valence-electron chi connectivity index (χ4n) is 2.52. The smallest absolute Gasteiger partial charge is 0.211 e. The van der Waals surface area contributed by atoms with Gasteiger partial charge in [0.25, 0.3) is 0 Å². The highest BCUT2D eigenvalue weighted by atomic mass is 32.1. The van der Waals surface area contributed by atoms with Crippen molar-refractivity contribution in [1.29, 1.82) is 0 Å². The summed E-state index contributed by atoms with van der Waals surface area (Å²) in [5.74, 6) is 0.874. The molecular weight excluding hydrogens is 342 g/mol. The van der Waals surface area contributed by atoms with Crippen LogP contribution >= 0.6 is 11.3 Å². The summed E-state index contributed by atoms with van der Waals surface area (Å²) in [6.07, 6.45) is 3.62. The highest BCUT2D eigenvalue weighted by molar-refractivity contribution is 7.07.